The van der Waals surface area contributed by atoms with Crippen molar-refractivity contribution in [3.8, 4) is 0 Å². The van der Waals surface area contributed by atoms with Crippen LogP contribution in [0.4, 0.5) is 4.79 Å². The minimum absolute atomic E-state index is 0.276. The predicted molar refractivity (Wildman–Crippen MR) is 85.1 cm³/mol. The number of rotatable bonds is 5. The Morgan fingerprint density at radius 1 is 1.43 bits per heavy atom. The molecular weight excluding hydrogens is 389 g/mol. The van der Waals surface area contributed by atoms with Gasteiger partial charge in [-0.2, -0.15) is 0 Å². The highest BCUT2D eigenvalue weighted by Gasteiger charge is 2.26. The maximum Gasteiger partial charge on any atom is 0.408 e. The fourth-order valence-electron chi connectivity index (χ4n) is 1.53. The molecule has 0 aliphatic carbocycles. The molecule has 0 aliphatic rings. The minimum Gasteiger partial charge on any atom is -0.472 e. The molecule has 0 saturated heterocycles. The summed E-state index contributed by atoms with van der Waals surface area (Å²) in [7, 11) is 0. The predicted octanol–water partition coefficient (Wildman–Crippen LogP) is 3.04. The van der Waals surface area contributed by atoms with Crippen LogP contribution in [0.25, 0.3) is 0 Å². The molecule has 0 radical (unpaired) electrons. The van der Waals surface area contributed by atoms with Crippen molar-refractivity contribution in [2.45, 2.75) is 49.9 Å². The number of carbonyl (C=O) groups excluding carboxylic acids is 2. The Hall–Kier alpha value is -1.25. The molecule has 0 aliphatic heterocycles. The lowest BCUT2D eigenvalue weighted by Gasteiger charge is -2.23. The molecule has 0 bridgehead atoms. The van der Waals surface area contributed by atoms with Crippen LogP contribution in [0.2, 0.25) is 0 Å². The van der Waals surface area contributed by atoms with Crippen LogP contribution in [0.5, 0.6) is 0 Å². The van der Waals surface area contributed by atoms with Crippen molar-refractivity contribution >= 4 is 34.7 Å². The topological polar surface area (TPSA) is 77.8 Å². The lowest BCUT2D eigenvalue weighted by Crippen LogP contribution is -2.45. The standard InChI is InChI=1S/C14H20INO5/c1-9(15)20-12(17)11(7-10-5-6-19-8-10)16-13(18)21-14(2,3)4/h5-6,8-9,11H,7H2,1-4H3,(H,16,18)/t9?,11-/m1/s1. The van der Waals surface area contributed by atoms with E-state index in [1.54, 1.807) is 33.8 Å². The van der Waals surface area contributed by atoms with Gasteiger partial charge in [0.15, 0.2) is 0 Å². The molecule has 0 saturated carbocycles. The molecule has 118 valence electrons. The minimum atomic E-state index is -0.824. The monoisotopic (exact) mass is 409 g/mol. The molecule has 1 rings (SSSR count). The second-order valence-electron chi connectivity index (χ2n) is 5.51. The first-order valence-electron chi connectivity index (χ1n) is 6.52. The summed E-state index contributed by atoms with van der Waals surface area (Å²) in [6.45, 7) is 7.00. The van der Waals surface area contributed by atoms with Gasteiger partial charge in [0.05, 0.1) is 12.5 Å². The van der Waals surface area contributed by atoms with Gasteiger partial charge in [-0.1, -0.05) is 0 Å². The molecule has 21 heavy (non-hydrogen) atoms. The fraction of sp³-hybridized carbons (Fsp3) is 0.571. The molecule has 2 atom stereocenters. The van der Waals surface area contributed by atoms with Crippen molar-refractivity contribution in [2.75, 3.05) is 0 Å². The Morgan fingerprint density at radius 2 is 2.10 bits per heavy atom. The highest BCUT2D eigenvalue weighted by Crippen LogP contribution is 2.11. The third kappa shape index (κ3) is 7.35. The average Bonchev–Trinajstić information content (AvgIpc) is 2.77. The lowest BCUT2D eigenvalue weighted by atomic mass is 10.1. The Morgan fingerprint density at radius 3 is 2.57 bits per heavy atom. The van der Waals surface area contributed by atoms with Crippen LogP contribution in [0.1, 0.15) is 33.3 Å². The molecule has 1 N–H and O–H groups in total. The number of halogens is 1. The van der Waals surface area contributed by atoms with Gasteiger partial charge < -0.3 is 19.2 Å². The number of furan rings is 1. The summed E-state index contributed by atoms with van der Waals surface area (Å²) >= 11 is 1.97. The summed E-state index contributed by atoms with van der Waals surface area (Å²) in [5.41, 5.74) is 0.152. The van der Waals surface area contributed by atoms with Crippen molar-refractivity contribution in [3.05, 3.63) is 24.2 Å². The number of nitrogens with one attached hydrogen (secondary N) is 1. The molecule has 0 aromatic carbocycles. The number of ether oxygens (including phenoxy) is 2. The number of carbonyl (C=O) groups is 2. The second kappa shape index (κ2) is 7.67. The number of alkyl carbamates (subject to hydrolysis) is 1. The van der Waals surface area contributed by atoms with E-state index in [1.165, 1.54) is 12.5 Å². The third-order valence-electron chi connectivity index (χ3n) is 2.27. The van der Waals surface area contributed by atoms with Gasteiger partial charge in [0, 0.05) is 6.42 Å². The van der Waals surface area contributed by atoms with Crippen LogP contribution >= 0.6 is 22.6 Å². The molecule has 1 heterocycles. The number of hydrogen-bond acceptors (Lipinski definition) is 5. The molecular formula is C14H20INO5. The molecule has 1 aromatic rings. The van der Waals surface area contributed by atoms with Gasteiger partial charge in [0.25, 0.3) is 0 Å². The Balaban J connectivity index is 2.71. The van der Waals surface area contributed by atoms with E-state index < -0.39 is 23.7 Å². The zero-order valence-corrected chi connectivity index (χ0v) is 14.7. The maximum atomic E-state index is 12.1. The van der Waals surface area contributed by atoms with Crippen molar-refractivity contribution < 1.29 is 23.5 Å². The van der Waals surface area contributed by atoms with Gasteiger partial charge in [-0.3, -0.25) is 0 Å². The lowest BCUT2D eigenvalue weighted by molar-refractivity contribution is -0.146. The van der Waals surface area contributed by atoms with Crippen LogP contribution in [-0.4, -0.2) is 27.8 Å². The van der Waals surface area contributed by atoms with Gasteiger partial charge in [-0.05, 0) is 61.9 Å². The van der Waals surface area contributed by atoms with Crippen LogP contribution in [0, 0.1) is 0 Å². The van der Waals surface area contributed by atoms with Crippen LogP contribution in [0.3, 0.4) is 0 Å². The van der Waals surface area contributed by atoms with E-state index in [9.17, 15) is 9.59 Å². The van der Waals surface area contributed by atoms with Gasteiger partial charge in [-0.15, -0.1) is 0 Å². The molecule has 1 amide bonds. The number of esters is 1. The zero-order chi connectivity index (χ0) is 16.0. The zero-order valence-electron chi connectivity index (χ0n) is 12.5. The molecule has 6 nitrogen and oxygen atoms in total. The molecule has 7 heteroatoms. The van der Waals surface area contributed by atoms with Crippen molar-refractivity contribution in [2.24, 2.45) is 0 Å². The summed E-state index contributed by atoms with van der Waals surface area (Å²) in [5.74, 6) is -0.510. The summed E-state index contributed by atoms with van der Waals surface area (Å²) < 4.78 is 15.0. The van der Waals surface area contributed by atoms with Gasteiger partial charge in [0.1, 0.15) is 15.8 Å². The number of amides is 1. The molecule has 1 unspecified atom stereocenters. The average molecular weight is 409 g/mol. The summed E-state index contributed by atoms with van der Waals surface area (Å²) in [6, 6.07) is 0.902. The molecule has 1 aromatic heterocycles. The smallest absolute Gasteiger partial charge is 0.408 e. The van der Waals surface area contributed by atoms with E-state index >= 15 is 0 Å². The van der Waals surface area contributed by atoms with E-state index in [0.29, 0.717) is 0 Å². The quantitative estimate of drug-likeness (QED) is 0.460. The Kier molecular flexibility index (Phi) is 6.50. The van der Waals surface area contributed by atoms with Crippen molar-refractivity contribution in [1.29, 1.82) is 0 Å². The largest absolute Gasteiger partial charge is 0.472 e. The summed E-state index contributed by atoms with van der Waals surface area (Å²) in [5, 5.41) is 2.54. The third-order valence-corrected chi connectivity index (χ3v) is 2.53. The molecule has 0 spiro atoms. The first kappa shape index (κ1) is 17.8. The SMILES string of the molecule is CC(I)OC(=O)[C@@H](Cc1ccoc1)NC(=O)OC(C)(C)C. The summed E-state index contributed by atoms with van der Waals surface area (Å²) in [6.07, 6.45) is 2.64. The molecule has 0 fully saturated rings. The Labute approximate surface area is 137 Å². The first-order chi connectivity index (χ1) is 9.67. The Bertz CT molecular complexity index is 464. The van der Waals surface area contributed by atoms with E-state index in [-0.39, 0.29) is 10.5 Å². The normalized spacial score (nSPS) is 14.1. The van der Waals surface area contributed by atoms with Crippen LogP contribution < -0.4 is 5.32 Å². The maximum absolute atomic E-state index is 12.1. The highest BCUT2D eigenvalue weighted by atomic mass is 127. The second-order valence-corrected chi connectivity index (χ2v) is 7.27. The first-order valence-corrected chi connectivity index (χ1v) is 7.77. The number of alkyl halides is 1. The number of hydrogen-bond donors (Lipinski definition) is 1. The van der Waals surface area contributed by atoms with Crippen molar-refractivity contribution in [3.63, 3.8) is 0 Å². The fourth-order valence-corrected chi connectivity index (χ4v) is 1.78. The summed E-state index contributed by atoms with van der Waals surface area (Å²) in [4.78, 5) is 23.9. The van der Waals surface area contributed by atoms with Gasteiger partial charge >= 0.3 is 12.1 Å². The van der Waals surface area contributed by atoms with Crippen LogP contribution in [0.15, 0.2) is 23.0 Å². The van der Waals surface area contributed by atoms with Crippen molar-refractivity contribution in [1.82, 2.24) is 5.32 Å². The van der Waals surface area contributed by atoms with Gasteiger partial charge in [-0.25, -0.2) is 9.59 Å². The van der Waals surface area contributed by atoms with E-state index in [4.69, 9.17) is 13.9 Å². The van der Waals surface area contributed by atoms with Crippen LogP contribution in [-0.2, 0) is 20.7 Å². The van der Waals surface area contributed by atoms with E-state index in [2.05, 4.69) is 5.32 Å². The van der Waals surface area contributed by atoms with E-state index in [1.807, 2.05) is 22.6 Å². The van der Waals surface area contributed by atoms with Gasteiger partial charge in [0.2, 0.25) is 0 Å². The highest BCUT2D eigenvalue weighted by molar-refractivity contribution is 14.1. The van der Waals surface area contributed by atoms with E-state index in [0.717, 1.165) is 5.56 Å².